The fourth-order valence-electron chi connectivity index (χ4n) is 4.24. The number of alkyl halides is 2. The van der Waals surface area contributed by atoms with E-state index in [0.29, 0.717) is 40.3 Å². The number of anilines is 1. The van der Waals surface area contributed by atoms with Gasteiger partial charge in [0, 0.05) is 47.2 Å². The van der Waals surface area contributed by atoms with Gasteiger partial charge in [0.05, 0.1) is 23.2 Å². The summed E-state index contributed by atoms with van der Waals surface area (Å²) in [5.74, 6) is -3.21. The highest BCUT2D eigenvalue weighted by Gasteiger charge is 2.32. The normalized spacial score (nSPS) is 16.5. The van der Waals surface area contributed by atoms with E-state index in [2.05, 4.69) is 4.90 Å². The highest BCUT2D eigenvalue weighted by molar-refractivity contribution is 6.36. The van der Waals surface area contributed by atoms with Crippen LogP contribution in [0.15, 0.2) is 60.7 Å². The van der Waals surface area contributed by atoms with Crippen LogP contribution in [0.3, 0.4) is 0 Å². The Morgan fingerprint density at radius 1 is 0.914 bits per heavy atom. The van der Waals surface area contributed by atoms with E-state index < -0.39 is 5.92 Å². The maximum Gasteiger partial charge on any atom is 0.270 e. The van der Waals surface area contributed by atoms with Gasteiger partial charge in [-0.15, -0.1) is 0 Å². The molecule has 3 aromatic rings. The second kappa shape index (κ2) is 10.5. The standard InChI is InChI=1S/C26H22Cl4F2N2O/c1-26(31,32)18-4-8-21(29)17(12-18)13-25(35)33-10-11-34(23-9-7-20(28)14-22(23)30)24(15-33)16-2-5-19(27)6-3-16/h2-9,12,14,24H,10-11,13,15H2,1H3. The lowest BCUT2D eigenvalue weighted by molar-refractivity contribution is -0.131. The summed E-state index contributed by atoms with van der Waals surface area (Å²) in [6.45, 7) is 2.14. The molecule has 0 radical (unpaired) electrons. The van der Waals surface area contributed by atoms with Crippen LogP contribution < -0.4 is 4.90 Å². The summed E-state index contributed by atoms with van der Waals surface area (Å²) >= 11 is 24.9. The molecular weight excluding hydrogens is 536 g/mol. The molecule has 1 aliphatic rings. The highest BCUT2D eigenvalue weighted by Crippen LogP contribution is 2.37. The topological polar surface area (TPSA) is 23.6 Å². The van der Waals surface area contributed by atoms with Crippen molar-refractivity contribution in [2.45, 2.75) is 25.3 Å². The van der Waals surface area contributed by atoms with Crippen molar-refractivity contribution in [2.24, 2.45) is 0 Å². The third kappa shape index (κ3) is 6.03. The smallest absolute Gasteiger partial charge is 0.270 e. The molecule has 0 aromatic heterocycles. The van der Waals surface area contributed by atoms with E-state index in [-0.39, 0.29) is 29.0 Å². The van der Waals surface area contributed by atoms with Crippen molar-refractivity contribution in [1.82, 2.24) is 4.90 Å². The van der Waals surface area contributed by atoms with E-state index >= 15 is 0 Å². The molecule has 35 heavy (non-hydrogen) atoms. The second-order valence-electron chi connectivity index (χ2n) is 8.57. The van der Waals surface area contributed by atoms with E-state index in [0.717, 1.165) is 18.2 Å². The first-order valence-corrected chi connectivity index (χ1v) is 12.5. The van der Waals surface area contributed by atoms with Crippen molar-refractivity contribution in [3.8, 4) is 0 Å². The van der Waals surface area contributed by atoms with Crippen molar-refractivity contribution in [1.29, 1.82) is 0 Å². The monoisotopic (exact) mass is 556 g/mol. The molecule has 1 atom stereocenters. The van der Waals surface area contributed by atoms with Crippen LogP contribution >= 0.6 is 46.4 Å². The Kier molecular flexibility index (Phi) is 7.82. The van der Waals surface area contributed by atoms with E-state index in [1.165, 1.54) is 18.2 Å². The minimum absolute atomic E-state index is 0.0716. The number of halogens is 6. The SMILES string of the molecule is CC(F)(F)c1ccc(Cl)c(CC(=O)N2CCN(c3ccc(Cl)cc3Cl)C(c3ccc(Cl)cc3)C2)c1. The molecule has 1 amide bonds. The maximum absolute atomic E-state index is 13.8. The molecule has 184 valence electrons. The zero-order valence-corrected chi connectivity index (χ0v) is 21.8. The predicted octanol–water partition coefficient (Wildman–Crippen LogP) is 8.04. The lowest BCUT2D eigenvalue weighted by Gasteiger charge is -2.43. The molecular formula is C26H22Cl4F2N2O. The minimum atomic E-state index is -3.02. The Hall–Kier alpha value is -2.05. The largest absolute Gasteiger partial charge is 0.360 e. The van der Waals surface area contributed by atoms with Crippen LogP contribution in [0.2, 0.25) is 20.1 Å². The van der Waals surface area contributed by atoms with Gasteiger partial charge >= 0.3 is 0 Å². The van der Waals surface area contributed by atoms with Crippen LogP contribution in [0.5, 0.6) is 0 Å². The fraction of sp³-hybridized carbons (Fsp3) is 0.269. The molecule has 1 fully saturated rings. The first kappa shape index (κ1) is 26.0. The Morgan fingerprint density at radius 3 is 2.26 bits per heavy atom. The van der Waals surface area contributed by atoms with E-state index in [1.54, 1.807) is 29.2 Å². The maximum atomic E-state index is 13.8. The third-order valence-electron chi connectivity index (χ3n) is 6.10. The van der Waals surface area contributed by atoms with Crippen LogP contribution in [0.1, 0.15) is 29.7 Å². The molecule has 0 N–H and O–H groups in total. The third-order valence-corrected chi connectivity index (χ3v) is 7.26. The zero-order chi connectivity index (χ0) is 25.3. The summed E-state index contributed by atoms with van der Waals surface area (Å²) in [6.07, 6.45) is -0.0716. The minimum Gasteiger partial charge on any atom is -0.360 e. The molecule has 0 saturated carbocycles. The second-order valence-corrected chi connectivity index (χ2v) is 10.3. The van der Waals surface area contributed by atoms with Gasteiger partial charge in [0.25, 0.3) is 5.92 Å². The Bertz CT molecular complexity index is 1230. The first-order valence-electron chi connectivity index (χ1n) is 10.9. The summed E-state index contributed by atoms with van der Waals surface area (Å²) in [5, 5.41) is 1.94. The molecule has 1 unspecified atom stereocenters. The molecule has 1 heterocycles. The van der Waals surface area contributed by atoms with Crippen molar-refractivity contribution in [3.05, 3.63) is 97.4 Å². The van der Waals surface area contributed by atoms with Crippen molar-refractivity contribution >= 4 is 58.0 Å². The van der Waals surface area contributed by atoms with Crippen molar-refractivity contribution in [2.75, 3.05) is 24.5 Å². The van der Waals surface area contributed by atoms with E-state index in [9.17, 15) is 13.6 Å². The van der Waals surface area contributed by atoms with Gasteiger partial charge in [-0.05, 0) is 53.6 Å². The lowest BCUT2D eigenvalue weighted by atomic mass is 10.00. The number of piperazine rings is 1. The average Bonchev–Trinajstić information content (AvgIpc) is 2.80. The van der Waals surface area contributed by atoms with Gasteiger partial charge in [-0.3, -0.25) is 4.79 Å². The highest BCUT2D eigenvalue weighted by atomic mass is 35.5. The van der Waals surface area contributed by atoms with Gasteiger partial charge in [-0.2, -0.15) is 0 Å². The molecule has 0 bridgehead atoms. The molecule has 1 aliphatic heterocycles. The van der Waals surface area contributed by atoms with Gasteiger partial charge in [0.2, 0.25) is 5.91 Å². The first-order chi connectivity index (χ1) is 16.5. The molecule has 3 aromatic carbocycles. The van der Waals surface area contributed by atoms with E-state index in [1.807, 2.05) is 18.2 Å². The summed E-state index contributed by atoms with van der Waals surface area (Å²) in [6, 6.07) is 16.6. The van der Waals surface area contributed by atoms with Gasteiger partial charge in [-0.25, -0.2) is 8.78 Å². The Morgan fingerprint density at radius 2 is 1.60 bits per heavy atom. The number of benzene rings is 3. The Balaban J connectivity index is 1.61. The summed E-state index contributed by atoms with van der Waals surface area (Å²) < 4.78 is 27.6. The summed E-state index contributed by atoms with van der Waals surface area (Å²) in [7, 11) is 0. The van der Waals surface area contributed by atoms with Gasteiger partial charge in [-0.1, -0.05) is 64.6 Å². The number of hydrogen-bond acceptors (Lipinski definition) is 2. The van der Waals surface area contributed by atoms with Crippen LogP contribution in [0, 0.1) is 0 Å². The number of nitrogens with zero attached hydrogens (tertiary/aromatic N) is 2. The molecule has 0 spiro atoms. The average molecular weight is 558 g/mol. The van der Waals surface area contributed by atoms with Crippen molar-refractivity contribution in [3.63, 3.8) is 0 Å². The number of carbonyl (C=O) groups is 1. The molecule has 4 rings (SSSR count). The fourth-order valence-corrected chi connectivity index (χ4v) is 5.07. The van der Waals surface area contributed by atoms with E-state index in [4.69, 9.17) is 46.4 Å². The van der Waals surface area contributed by atoms with Crippen LogP contribution in [-0.4, -0.2) is 30.4 Å². The number of rotatable bonds is 5. The van der Waals surface area contributed by atoms with Crippen LogP contribution in [0.25, 0.3) is 0 Å². The number of hydrogen-bond donors (Lipinski definition) is 0. The summed E-state index contributed by atoms with van der Waals surface area (Å²) in [5.41, 5.74) is 1.97. The quantitative estimate of drug-likeness (QED) is 0.317. The lowest BCUT2D eigenvalue weighted by Crippen LogP contribution is -2.51. The molecule has 0 aliphatic carbocycles. The van der Waals surface area contributed by atoms with Crippen LogP contribution in [-0.2, 0) is 17.1 Å². The van der Waals surface area contributed by atoms with Gasteiger partial charge in [0.1, 0.15) is 0 Å². The molecule has 1 saturated heterocycles. The molecule has 3 nitrogen and oxygen atoms in total. The van der Waals surface area contributed by atoms with Gasteiger partial charge < -0.3 is 9.80 Å². The molecule has 9 heteroatoms. The van der Waals surface area contributed by atoms with Crippen molar-refractivity contribution < 1.29 is 13.6 Å². The zero-order valence-electron chi connectivity index (χ0n) is 18.7. The van der Waals surface area contributed by atoms with Crippen LogP contribution in [0.4, 0.5) is 14.5 Å². The summed E-state index contributed by atoms with van der Waals surface area (Å²) in [4.78, 5) is 17.1. The Labute approximate surface area is 223 Å². The van der Waals surface area contributed by atoms with Gasteiger partial charge in [0.15, 0.2) is 0 Å². The number of carbonyl (C=O) groups excluding carboxylic acids is 1. The number of amides is 1. The predicted molar refractivity (Wildman–Crippen MR) is 139 cm³/mol.